The van der Waals surface area contributed by atoms with Gasteiger partial charge in [0.25, 0.3) is 5.91 Å². The van der Waals surface area contributed by atoms with Crippen molar-refractivity contribution < 1.29 is 9.59 Å². The molecule has 2 rings (SSSR count). The van der Waals surface area contributed by atoms with E-state index in [1.807, 2.05) is 35.2 Å². The van der Waals surface area contributed by atoms with E-state index >= 15 is 0 Å². The third-order valence-corrected chi connectivity index (χ3v) is 5.10. The number of rotatable bonds is 4. The molecule has 2 amide bonds. The van der Waals surface area contributed by atoms with E-state index in [2.05, 4.69) is 26.1 Å². The van der Waals surface area contributed by atoms with Crippen molar-refractivity contribution in [3.63, 3.8) is 0 Å². The van der Waals surface area contributed by atoms with Gasteiger partial charge < -0.3 is 10.2 Å². The van der Waals surface area contributed by atoms with Crippen molar-refractivity contribution >= 4 is 23.6 Å². The Bertz CT molecular complexity index is 532. The van der Waals surface area contributed by atoms with Crippen molar-refractivity contribution in [1.29, 1.82) is 0 Å². The molecule has 4 nitrogen and oxygen atoms in total. The van der Waals surface area contributed by atoms with Gasteiger partial charge in [-0.1, -0.05) is 39.0 Å². The van der Waals surface area contributed by atoms with Crippen molar-refractivity contribution in [3.05, 3.63) is 35.9 Å². The third-order valence-electron chi connectivity index (χ3n) is 3.85. The number of hydrogen-bond acceptors (Lipinski definition) is 3. The quantitative estimate of drug-likeness (QED) is 0.921. The fourth-order valence-corrected chi connectivity index (χ4v) is 3.24. The molecular weight excluding hydrogens is 308 g/mol. The van der Waals surface area contributed by atoms with Gasteiger partial charge in [-0.15, -0.1) is 11.8 Å². The van der Waals surface area contributed by atoms with Crippen LogP contribution >= 0.6 is 11.8 Å². The summed E-state index contributed by atoms with van der Waals surface area (Å²) in [6.07, 6.45) is 1.65. The molecule has 1 saturated heterocycles. The average Bonchev–Trinajstić information content (AvgIpc) is 2.53. The first-order valence-corrected chi connectivity index (χ1v) is 9.11. The molecule has 1 aromatic carbocycles. The van der Waals surface area contributed by atoms with Crippen LogP contribution < -0.4 is 5.32 Å². The van der Waals surface area contributed by atoms with Crippen molar-refractivity contribution in [1.82, 2.24) is 10.2 Å². The van der Waals surface area contributed by atoms with Crippen molar-refractivity contribution in [3.8, 4) is 0 Å². The number of piperidine rings is 1. The first-order valence-electron chi connectivity index (χ1n) is 8.13. The molecule has 0 aliphatic carbocycles. The summed E-state index contributed by atoms with van der Waals surface area (Å²) >= 11 is 1.68. The van der Waals surface area contributed by atoms with Gasteiger partial charge in [0.2, 0.25) is 5.91 Å². The second-order valence-corrected chi connectivity index (χ2v) is 8.70. The number of amides is 2. The molecule has 23 heavy (non-hydrogen) atoms. The van der Waals surface area contributed by atoms with E-state index in [-0.39, 0.29) is 22.6 Å². The largest absolute Gasteiger partial charge is 0.349 e. The summed E-state index contributed by atoms with van der Waals surface area (Å²) in [5, 5.41) is 3.07. The number of thioether (sulfide) groups is 1. The zero-order chi connectivity index (χ0) is 16.9. The molecule has 126 valence electrons. The number of benzene rings is 1. The lowest BCUT2D eigenvalue weighted by Crippen LogP contribution is -2.47. The highest BCUT2D eigenvalue weighted by Gasteiger charge is 2.25. The van der Waals surface area contributed by atoms with Crippen LogP contribution in [0.15, 0.2) is 30.3 Å². The van der Waals surface area contributed by atoms with Crippen LogP contribution in [-0.2, 0) is 4.79 Å². The van der Waals surface area contributed by atoms with Crippen LogP contribution in [0.2, 0.25) is 0 Å². The van der Waals surface area contributed by atoms with Crippen LogP contribution in [-0.4, -0.2) is 46.3 Å². The van der Waals surface area contributed by atoms with Gasteiger partial charge in [0.15, 0.2) is 0 Å². The summed E-state index contributed by atoms with van der Waals surface area (Å²) in [5.74, 6) is 0.710. The molecule has 0 spiro atoms. The molecular formula is C18H26N2O2S. The Labute approximate surface area is 143 Å². The summed E-state index contributed by atoms with van der Waals surface area (Å²) in [7, 11) is 0. The zero-order valence-corrected chi connectivity index (χ0v) is 15.0. The first-order chi connectivity index (χ1) is 10.8. The maximum atomic E-state index is 12.2. The Balaban J connectivity index is 1.75. The Morgan fingerprint density at radius 2 is 1.78 bits per heavy atom. The molecule has 1 N–H and O–H groups in total. The second-order valence-electron chi connectivity index (χ2n) is 6.90. The normalized spacial score (nSPS) is 16.2. The molecule has 0 aromatic heterocycles. The summed E-state index contributed by atoms with van der Waals surface area (Å²) in [5.41, 5.74) is 0.688. The van der Waals surface area contributed by atoms with Gasteiger partial charge in [0.1, 0.15) is 0 Å². The van der Waals surface area contributed by atoms with Gasteiger partial charge in [-0.2, -0.15) is 0 Å². The van der Waals surface area contributed by atoms with Crippen LogP contribution in [0.1, 0.15) is 44.0 Å². The highest BCUT2D eigenvalue weighted by atomic mass is 32.2. The fourth-order valence-electron chi connectivity index (χ4n) is 2.50. The highest BCUT2D eigenvalue weighted by molar-refractivity contribution is 8.01. The van der Waals surface area contributed by atoms with Crippen molar-refractivity contribution in [2.75, 3.05) is 18.8 Å². The van der Waals surface area contributed by atoms with E-state index < -0.39 is 0 Å². The SMILES string of the molecule is CC(C)(C)SCC(=O)N1CCC(NC(=O)c2ccccc2)CC1. The van der Waals surface area contributed by atoms with E-state index in [0.717, 1.165) is 25.9 Å². The van der Waals surface area contributed by atoms with E-state index in [1.165, 1.54) is 0 Å². The van der Waals surface area contributed by atoms with Crippen LogP contribution in [0.3, 0.4) is 0 Å². The number of carbonyl (C=O) groups excluding carboxylic acids is 2. The van der Waals surface area contributed by atoms with Crippen LogP contribution in [0.5, 0.6) is 0 Å². The van der Waals surface area contributed by atoms with Gasteiger partial charge >= 0.3 is 0 Å². The minimum Gasteiger partial charge on any atom is -0.349 e. The number of likely N-dealkylation sites (tertiary alicyclic amines) is 1. The zero-order valence-electron chi connectivity index (χ0n) is 14.2. The molecule has 1 aliphatic rings. The molecule has 1 aliphatic heterocycles. The van der Waals surface area contributed by atoms with E-state index in [4.69, 9.17) is 0 Å². The lowest BCUT2D eigenvalue weighted by molar-refractivity contribution is -0.129. The molecule has 0 unspecified atom stereocenters. The summed E-state index contributed by atoms with van der Waals surface area (Å²) in [4.78, 5) is 26.3. The Morgan fingerprint density at radius 3 is 2.35 bits per heavy atom. The monoisotopic (exact) mass is 334 g/mol. The topological polar surface area (TPSA) is 49.4 Å². The van der Waals surface area contributed by atoms with Crippen LogP contribution in [0.4, 0.5) is 0 Å². The number of carbonyl (C=O) groups is 2. The smallest absolute Gasteiger partial charge is 0.251 e. The van der Waals surface area contributed by atoms with Gasteiger partial charge in [0, 0.05) is 29.4 Å². The fraction of sp³-hybridized carbons (Fsp3) is 0.556. The molecule has 1 fully saturated rings. The van der Waals surface area contributed by atoms with Crippen molar-refractivity contribution in [2.24, 2.45) is 0 Å². The predicted octanol–water partition coefficient (Wildman–Crippen LogP) is 2.94. The second kappa shape index (κ2) is 7.86. The standard InChI is InChI=1S/C18H26N2O2S/c1-18(2,3)23-13-16(21)20-11-9-15(10-12-20)19-17(22)14-7-5-4-6-8-14/h4-8,15H,9-13H2,1-3H3,(H,19,22). The summed E-state index contributed by atoms with van der Waals surface area (Å²) in [6.45, 7) is 7.81. The van der Waals surface area contributed by atoms with E-state index in [9.17, 15) is 9.59 Å². The lowest BCUT2D eigenvalue weighted by Gasteiger charge is -2.33. The number of nitrogens with one attached hydrogen (secondary N) is 1. The lowest BCUT2D eigenvalue weighted by atomic mass is 10.0. The van der Waals surface area contributed by atoms with Gasteiger partial charge in [0.05, 0.1) is 5.75 Å². The van der Waals surface area contributed by atoms with Gasteiger partial charge in [-0.25, -0.2) is 0 Å². The predicted molar refractivity (Wildman–Crippen MR) is 95.7 cm³/mol. The van der Waals surface area contributed by atoms with Crippen LogP contribution in [0, 0.1) is 0 Å². The number of hydrogen-bond donors (Lipinski definition) is 1. The minimum absolute atomic E-state index is 0.0290. The molecule has 0 radical (unpaired) electrons. The molecule has 1 aromatic rings. The Morgan fingerprint density at radius 1 is 1.17 bits per heavy atom. The first kappa shape index (κ1) is 17.9. The van der Waals surface area contributed by atoms with Gasteiger partial charge in [-0.05, 0) is 25.0 Å². The molecule has 0 atom stereocenters. The summed E-state index contributed by atoms with van der Waals surface area (Å²) < 4.78 is 0.109. The minimum atomic E-state index is -0.0290. The highest BCUT2D eigenvalue weighted by Crippen LogP contribution is 2.24. The Hall–Kier alpha value is -1.49. The average molecular weight is 334 g/mol. The molecule has 0 saturated carbocycles. The van der Waals surface area contributed by atoms with E-state index in [0.29, 0.717) is 11.3 Å². The summed E-state index contributed by atoms with van der Waals surface area (Å²) in [6, 6.07) is 9.42. The maximum absolute atomic E-state index is 12.2. The Kier molecular flexibility index (Phi) is 6.10. The third kappa shape index (κ3) is 5.90. The van der Waals surface area contributed by atoms with Crippen molar-refractivity contribution in [2.45, 2.75) is 44.4 Å². The molecule has 5 heteroatoms. The van der Waals surface area contributed by atoms with E-state index in [1.54, 1.807) is 11.8 Å². The van der Waals surface area contributed by atoms with Crippen LogP contribution in [0.25, 0.3) is 0 Å². The number of nitrogens with zero attached hydrogens (tertiary/aromatic N) is 1. The molecule has 1 heterocycles. The van der Waals surface area contributed by atoms with Gasteiger partial charge in [-0.3, -0.25) is 9.59 Å². The maximum Gasteiger partial charge on any atom is 0.251 e. The molecule has 0 bridgehead atoms.